The number of thiophene rings is 1. The summed E-state index contributed by atoms with van der Waals surface area (Å²) >= 11 is 2.87. The van der Waals surface area contributed by atoms with Crippen LogP contribution in [0.5, 0.6) is 5.75 Å². The van der Waals surface area contributed by atoms with Gasteiger partial charge in [0, 0.05) is 11.8 Å². The van der Waals surface area contributed by atoms with Crippen LogP contribution in [0.15, 0.2) is 99.4 Å². The van der Waals surface area contributed by atoms with E-state index in [0.29, 0.717) is 26.4 Å². The molecule has 0 radical (unpaired) electrons. The van der Waals surface area contributed by atoms with Crippen molar-refractivity contribution < 1.29 is 14.3 Å². The summed E-state index contributed by atoms with van der Waals surface area (Å²) in [6.07, 6.45) is 3.78. The first-order chi connectivity index (χ1) is 19.5. The Morgan fingerprint density at radius 2 is 1.80 bits per heavy atom. The summed E-state index contributed by atoms with van der Waals surface area (Å²) in [7, 11) is 2.92. The normalized spacial score (nSPS) is 15.1. The number of para-hydroxylation sites is 1. The van der Waals surface area contributed by atoms with Crippen molar-refractivity contribution in [3.05, 3.63) is 120 Å². The first-order valence-electron chi connectivity index (χ1n) is 12.4. The van der Waals surface area contributed by atoms with Crippen LogP contribution in [0.2, 0.25) is 0 Å². The highest BCUT2D eigenvalue weighted by molar-refractivity contribution is 7.13. The van der Waals surface area contributed by atoms with Gasteiger partial charge in [0.15, 0.2) is 4.80 Å². The predicted molar refractivity (Wildman–Crippen MR) is 156 cm³/mol. The highest BCUT2D eigenvalue weighted by Gasteiger charge is 2.33. The van der Waals surface area contributed by atoms with Gasteiger partial charge in [-0.25, -0.2) is 14.5 Å². The van der Waals surface area contributed by atoms with E-state index in [1.807, 2.05) is 76.9 Å². The summed E-state index contributed by atoms with van der Waals surface area (Å²) in [6.45, 7) is 1.76. The summed E-state index contributed by atoms with van der Waals surface area (Å²) in [5.41, 5.74) is 3.84. The van der Waals surface area contributed by atoms with Crippen molar-refractivity contribution in [3.8, 4) is 22.0 Å². The smallest absolute Gasteiger partial charge is 0.338 e. The molecule has 40 heavy (non-hydrogen) atoms. The molecular weight excluding hydrogens is 544 g/mol. The van der Waals surface area contributed by atoms with Crippen LogP contribution in [-0.2, 0) is 9.53 Å². The molecule has 0 spiro atoms. The Morgan fingerprint density at radius 1 is 1.02 bits per heavy atom. The summed E-state index contributed by atoms with van der Waals surface area (Å²) in [4.78, 5) is 33.1. The number of hydrogen-bond donors (Lipinski definition) is 0. The molecule has 1 aliphatic rings. The molecule has 0 fully saturated rings. The standard InChI is InChI=1S/C30H24N4O4S2/c1-18-25(29(36)38-3)27(19-11-13-22(37-2)14-12-19)34-28(35)24(40-30(34)31-18)16-20-17-33(21-8-5-4-6-9-21)32-26(20)23-10-7-15-39-23/h4-17,27H,1-3H3. The number of esters is 1. The van der Waals surface area contributed by atoms with Crippen LogP contribution in [0.4, 0.5) is 0 Å². The molecule has 2 aromatic carbocycles. The number of carbonyl (C=O) groups excluding carboxylic acids is 1. The van der Waals surface area contributed by atoms with E-state index in [4.69, 9.17) is 14.6 Å². The lowest BCUT2D eigenvalue weighted by Gasteiger charge is -2.24. The van der Waals surface area contributed by atoms with Crippen LogP contribution in [0.3, 0.4) is 0 Å². The predicted octanol–water partition coefficient (Wildman–Crippen LogP) is 4.33. The van der Waals surface area contributed by atoms with Gasteiger partial charge in [-0.3, -0.25) is 9.36 Å². The molecule has 1 atom stereocenters. The average molecular weight is 569 g/mol. The van der Waals surface area contributed by atoms with Gasteiger partial charge in [0.05, 0.1) is 46.6 Å². The molecule has 0 aliphatic carbocycles. The molecule has 4 heterocycles. The lowest BCUT2D eigenvalue weighted by atomic mass is 9.96. The second-order valence-electron chi connectivity index (χ2n) is 9.04. The van der Waals surface area contributed by atoms with Gasteiger partial charge in [0.1, 0.15) is 11.4 Å². The van der Waals surface area contributed by atoms with Crippen molar-refractivity contribution in [2.75, 3.05) is 14.2 Å². The van der Waals surface area contributed by atoms with Crippen LogP contribution in [0.1, 0.15) is 24.1 Å². The maximum Gasteiger partial charge on any atom is 0.338 e. The Balaban J connectivity index is 1.55. The van der Waals surface area contributed by atoms with E-state index in [-0.39, 0.29) is 5.56 Å². The van der Waals surface area contributed by atoms with E-state index >= 15 is 0 Å². The number of allylic oxidation sites excluding steroid dienone is 1. The number of nitrogens with zero attached hydrogens (tertiary/aromatic N) is 4. The summed E-state index contributed by atoms with van der Waals surface area (Å²) < 4.78 is 14.3. The first kappa shape index (κ1) is 25.7. The van der Waals surface area contributed by atoms with Crippen LogP contribution < -0.4 is 19.6 Å². The summed E-state index contributed by atoms with van der Waals surface area (Å²) in [5, 5.41) is 6.86. The third kappa shape index (κ3) is 4.51. The Hall–Kier alpha value is -4.54. The van der Waals surface area contributed by atoms with Gasteiger partial charge >= 0.3 is 5.97 Å². The van der Waals surface area contributed by atoms with Gasteiger partial charge in [0.25, 0.3) is 5.56 Å². The zero-order valence-corrected chi connectivity index (χ0v) is 23.5. The number of thiazole rings is 1. The quantitative estimate of drug-likeness (QED) is 0.285. The Bertz CT molecular complexity index is 1920. The SMILES string of the molecule is COC(=O)C1=C(C)N=c2sc(=Cc3cn(-c4ccccc4)nc3-c3cccs3)c(=O)n2C1c1ccc(OC)cc1. The summed E-state index contributed by atoms with van der Waals surface area (Å²) in [5.74, 6) is 0.147. The molecular formula is C30H24N4O4S2. The fourth-order valence-electron chi connectivity index (χ4n) is 4.75. The molecule has 0 N–H and O–H groups in total. The van der Waals surface area contributed by atoms with E-state index in [9.17, 15) is 9.59 Å². The van der Waals surface area contributed by atoms with Crippen molar-refractivity contribution in [2.24, 2.45) is 4.99 Å². The van der Waals surface area contributed by atoms with Crippen LogP contribution >= 0.6 is 22.7 Å². The van der Waals surface area contributed by atoms with Gasteiger partial charge in [-0.2, -0.15) is 5.10 Å². The minimum absolute atomic E-state index is 0.247. The molecule has 0 saturated heterocycles. The van der Waals surface area contributed by atoms with Crippen molar-refractivity contribution in [1.29, 1.82) is 0 Å². The molecule has 0 bridgehead atoms. The molecule has 8 nitrogen and oxygen atoms in total. The Kier molecular flexibility index (Phi) is 6.79. The van der Waals surface area contributed by atoms with Crippen LogP contribution in [-0.4, -0.2) is 34.5 Å². The van der Waals surface area contributed by atoms with E-state index in [1.54, 1.807) is 42.1 Å². The molecule has 5 aromatic rings. The zero-order chi connectivity index (χ0) is 27.8. The zero-order valence-electron chi connectivity index (χ0n) is 21.9. The van der Waals surface area contributed by atoms with Crippen molar-refractivity contribution in [3.63, 3.8) is 0 Å². The monoisotopic (exact) mass is 568 g/mol. The second kappa shape index (κ2) is 10.6. The number of rotatable bonds is 6. The maximum absolute atomic E-state index is 14.0. The number of hydrogen-bond acceptors (Lipinski definition) is 8. The minimum Gasteiger partial charge on any atom is -0.497 e. The lowest BCUT2D eigenvalue weighted by molar-refractivity contribution is -0.136. The van der Waals surface area contributed by atoms with Gasteiger partial charge in [0.2, 0.25) is 0 Å². The molecule has 0 amide bonds. The number of fused-ring (bicyclic) bond motifs is 1. The minimum atomic E-state index is -0.694. The number of benzene rings is 2. The van der Waals surface area contributed by atoms with E-state index in [1.165, 1.54) is 18.4 Å². The molecule has 10 heteroatoms. The maximum atomic E-state index is 14.0. The molecule has 0 saturated carbocycles. The number of aromatic nitrogens is 3. The lowest BCUT2D eigenvalue weighted by Crippen LogP contribution is -2.39. The fraction of sp³-hybridized carbons (Fsp3) is 0.133. The van der Waals surface area contributed by atoms with Gasteiger partial charge < -0.3 is 9.47 Å². The molecule has 200 valence electrons. The van der Waals surface area contributed by atoms with E-state index in [0.717, 1.165) is 27.4 Å². The van der Waals surface area contributed by atoms with E-state index in [2.05, 4.69) is 4.99 Å². The van der Waals surface area contributed by atoms with Crippen molar-refractivity contribution >= 4 is 34.7 Å². The third-order valence-electron chi connectivity index (χ3n) is 6.66. The second-order valence-corrected chi connectivity index (χ2v) is 11.0. The Morgan fingerprint density at radius 3 is 2.48 bits per heavy atom. The number of methoxy groups -OCH3 is 2. The fourth-order valence-corrected chi connectivity index (χ4v) is 6.51. The Labute approximate surface area is 237 Å². The van der Waals surface area contributed by atoms with E-state index < -0.39 is 12.0 Å². The molecule has 1 unspecified atom stereocenters. The highest BCUT2D eigenvalue weighted by Crippen LogP contribution is 2.32. The first-order valence-corrected chi connectivity index (χ1v) is 14.1. The van der Waals surface area contributed by atoms with Crippen molar-refractivity contribution in [1.82, 2.24) is 14.3 Å². The molecule has 3 aromatic heterocycles. The van der Waals surface area contributed by atoms with Gasteiger partial charge in [-0.05, 0) is 54.3 Å². The third-order valence-corrected chi connectivity index (χ3v) is 8.52. The topological polar surface area (TPSA) is 87.7 Å². The van der Waals surface area contributed by atoms with Crippen LogP contribution in [0.25, 0.3) is 22.3 Å². The van der Waals surface area contributed by atoms with Crippen LogP contribution in [0, 0.1) is 0 Å². The molecule has 1 aliphatic heterocycles. The number of ether oxygens (including phenoxy) is 2. The molecule has 6 rings (SSSR count). The number of carbonyl (C=O) groups is 1. The average Bonchev–Trinajstić information content (AvgIpc) is 3.73. The van der Waals surface area contributed by atoms with Gasteiger partial charge in [-0.15, -0.1) is 11.3 Å². The largest absolute Gasteiger partial charge is 0.497 e. The van der Waals surface area contributed by atoms with Gasteiger partial charge in [-0.1, -0.05) is 47.7 Å². The highest BCUT2D eigenvalue weighted by atomic mass is 32.1. The summed E-state index contributed by atoms with van der Waals surface area (Å²) in [6, 6.07) is 20.4. The van der Waals surface area contributed by atoms with Crippen molar-refractivity contribution in [2.45, 2.75) is 13.0 Å².